The molecule has 1 unspecified atom stereocenters. The molecule has 1 atom stereocenters. The summed E-state index contributed by atoms with van der Waals surface area (Å²) >= 11 is 0. The predicted molar refractivity (Wildman–Crippen MR) is 93.2 cm³/mol. The maximum atomic E-state index is 12.6. The van der Waals surface area contributed by atoms with Gasteiger partial charge in [-0.05, 0) is 38.8 Å². The lowest BCUT2D eigenvalue weighted by Crippen LogP contribution is -2.30. The van der Waals surface area contributed by atoms with Crippen LogP contribution in [0.15, 0.2) is 35.1 Å². The summed E-state index contributed by atoms with van der Waals surface area (Å²) in [5.74, 6) is 0. The molecule has 2 aromatic rings. The van der Waals surface area contributed by atoms with E-state index in [0.29, 0.717) is 12.6 Å². The zero-order chi connectivity index (χ0) is 16.3. The molecule has 0 saturated heterocycles. The Morgan fingerprint density at radius 1 is 1.18 bits per heavy atom. The molecular formula is C19H26N2O. The van der Waals surface area contributed by atoms with Crippen LogP contribution in [0.1, 0.15) is 37.0 Å². The van der Waals surface area contributed by atoms with Gasteiger partial charge in [0.1, 0.15) is 0 Å². The van der Waals surface area contributed by atoms with Crippen molar-refractivity contribution >= 4 is 0 Å². The van der Waals surface area contributed by atoms with E-state index in [2.05, 4.69) is 51.2 Å². The maximum Gasteiger partial charge on any atom is 0.255 e. The normalized spacial score (nSPS) is 12.4. The first-order valence-electron chi connectivity index (χ1n) is 7.94. The average molecular weight is 298 g/mol. The van der Waals surface area contributed by atoms with Gasteiger partial charge in [0.15, 0.2) is 0 Å². The molecule has 0 radical (unpaired) electrons. The molecule has 3 heteroatoms. The van der Waals surface area contributed by atoms with Gasteiger partial charge < -0.3 is 9.88 Å². The van der Waals surface area contributed by atoms with Crippen molar-refractivity contribution in [2.24, 2.45) is 7.05 Å². The van der Waals surface area contributed by atoms with E-state index in [1.54, 1.807) is 4.57 Å². The summed E-state index contributed by atoms with van der Waals surface area (Å²) in [6.45, 7) is 9.06. The lowest BCUT2D eigenvalue weighted by Gasteiger charge is -2.15. The Morgan fingerprint density at radius 2 is 1.91 bits per heavy atom. The van der Waals surface area contributed by atoms with Crippen LogP contribution >= 0.6 is 0 Å². The van der Waals surface area contributed by atoms with Crippen molar-refractivity contribution in [3.05, 3.63) is 57.4 Å². The van der Waals surface area contributed by atoms with Gasteiger partial charge in [0, 0.05) is 30.8 Å². The molecule has 1 aromatic carbocycles. The molecule has 0 aliphatic heterocycles. The number of rotatable bonds is 5. The predicted octanol–water partition coefficient (Wildman–Crippen LogP) is 3.56. The van der Waals surface area contributed by atoms with Crippen LogP contribution in [0.5, 0.6) is 0 Å². The van der Waals surface area contributed by atoms with Gasteiger partial charge in [0.05, 0.1) is 5.69 Å². The summed E-state index contributed by atoms with van der Waals surface area (Å²) < 4.78 is 1.76. The number of hydrogen-bond acceptors (Lipinski definition) is 2. The van der Waals surface area contributed by atoms with Crippen molar-refractivity contribution in [2.75, 3.05) is 0 Å². The quantitative estimate of drug-likeness (QED) is 0.916. The molecule has 0 bridgehead atoms. The van der Waals surface area contributed by atoms with Crippen LogP contribution in [0.3, 0.4) is 0 Å². The van der Waals surface area contributed by atoms with Gasteiger partial charge in [0.25, 0.3) is 5.56 Å². The number of benzene rings is 1. The van der Waals surface area contributed by atoms with E-state index < -0.39 is 0 Å². The molecule has 0 saturated carbocycles. The monoisotopic (exact) mass is 298 g/mol. The second-order valence-electron chi connectivity index (χ2n) is 6.12. The van der Waals surface area contributed by atoms with Gasteiger partial charge >= 0.3 is 0 Å². The van der Waals surface area contributed by atoms with Gasteiger partial charge in [-0.3, -0.25) is 4.79 Å². The van der Waals surface area contributed by atoms with E-state index in [0.717, 1.165) is 23.2 Å². The zero-order valence-corrected chi connectivity index (χ0v) is 14.2. The fourth-order valence-corrected chi connectivity index (χ4v) is 2.62. The van der Waals surface area contributed by atoms with Crippen molar-refractivity contribution in [1.82, 2.24) is 9.88 Å². The molecule has 0 aliphatic carbocycles. The Hall–Kier alpha value is -1.87. The highest BCUT2D eigenvalue weighted by atomic mass is 16.1. The highest BCUT2D eigenvalue weighted by Crippen LogP contribution is 2.23. The number of nitrogens with zero attached hydrogens (tertiary/aromatic N) is 1. The third kappa shape index (κ3) is 3.47. The molecule has 118 valence electrons. The first kappa shape index (κ1) is 16.5. The van der Waals surface area contributed by atoms with Crippen LogP contribution in [0, 0.1) is 13.8 Å². The first-order chi connectivity index (χ1) is 10.4. The lowest BCUT2D eigenvalue weighted by atomic mass is 10.0. The van der Waals surface area contributed by atoms with Gasteiger partial charge in [-0.2, -0.15) is 0 Å². The average Bonchev–Trinajstić information content (AvgIpc) is 2.49. The van der Waals surface area contributed by atoms with E-state index >= 15 is 0 Å². The third-order valence-corrected chi connectivity index (χ3v) is 4.29. The minimum absolute atomic E-state index is 0.0771. The summed E-state index contributed by atoms with van der Waals surface area (Å²) in [5.41, 5.74) is 5.41. The maximum absolute atomic E-state index is 12.6. The van der Waals surface area contributed by atoms with Crippen molar-refractivity contribution < 1.29 is 0 Å². The molecule has 0 aliphatic rings. The van der Waals surface area contributed by atoms with Gasteiger partial charge in [-0.25, -0.2) is 0 Å². The van der Waals surface area contributed by atoms with E-state index in [9.17, 15) is 4.79 Å². The standard InChI is InChI=1S/C19H26N2O/c1-6-15(4)20-12-16-8-10-18(21(5)19(16)22)17-9-7-13(2)11-14(17)3/h7-11,15,20H,6,12H2,1-5H3. The molecule has 22 heavy (non-hydrogen) atoms. The SMILES string of the molecule is CCC(C)NCc1ccc(-c2ccc(C)cc2C)n(C)c1=O. The Bertz CT molecular complexity index is 716. The minimum atomic E-state index is 0.0771. The van der Waals surface area contributed by atoms with Crippen molar-refractivity contribution in [1.29, 1.82) is 0 Å². The Morgan fingerprint density at radius 3 is 2.55 bits per heavy atom. The number of aromatic nitrogens is 1. The van der Waals surface area contributed by atoms with E-state index in [1.165, 1.54) is 11.1 Å². The highest BCUT2D eigenvalue weighted by molar-refractivity contribution is 5.64. The van der Waals surface area contributed by atoms with Crippen LogP contribution in [0.25, 0.3) is 11.3 Å². The minimum Gasteiger partial charge on any atom is -0.311 e. The van der Waals surface area contributed by atoms with Gasteiger partial charge in [-0.15, -0.1) is 0 Å². The summed E-state index contributed by atoms with van der Waals surface area (Å²) in [6.07, 6.45) is 1.06. The van der Waals surface area contributed by atoms with Crippen LogP contribution in [-0.4, -0.2) is 10.6 Å². The Kier molecular flexibility index (Phi) is 5.19. The number of nitrogens with one attached hydrogen (secondary N) is 1. The summed E-state index contributed by atoms with van der Waals surface area (Å²) in [5, 5.41) is 3.38. The van der Waals surface area contributed by atoms with Crippen molar-refractivity contribution in [3.63, 3.8) is 0 Å². The van der Waals surface area contributed by atoms with Crippen LogP contribution in [-0.2, 0) is 13.6 Å². The van der Waals surface area contributed by atoms with E-state index in [4.69, 9.17) is 0 Å². The van der Waals surface area contributed by atoms with Gasteiger partial charge in [-0.1, -0.05) is 36.8 Å². The fourth-order valence-electron chi connectivity index (χ4n) is 2.62. The summed E-state index contributed by atoms with van der Waals surface area (Å²) in [4.78, 5) is 12.6. The van der Waals surface area contributed by atoms with Gasteiger partial charge in [0.2, 0.25) is 0 Å². The molecule has 3 nitrogen and oxygen atoms in total. The molecule has 0 fully saturated rings. The first-order valence-corrected chi connectivity index (χ1v) is 7.94. The van der Waals surface area contributed by atoms with E-state index in [1.807, 2.05) is 19.2 Å². The molecule has 1 aromatic heterocycles. The Labute approximate surface area is 133 Å². The van der Waals surface area contributed by atoms with Crippen LogP contribution in [0.2, 0.25) is 0 Å². The third-order valence-electron chi connectivity index (χ3n) is 4.29. The lowest BCUT2D eigenvalue weighted by molar-refractivity contribution is 0.531. The molecular weight excluding hydrogens is 272 g/mol. The number of pyridine rings is 1. The summed E-state index contributed by atoms with van der Waals surface area (Å²) in [6, 6.07) is 10.8. The molecule has 1 N–H and O–H groups in total. The second-order valence-corrected chi connectivity index (χ2v) is 6.12. The molecule has 2 rings (SSSR count). The summed E-state index contributed by atoms with van der Waals surface area (Å²) in [7, 11) is 1.85. The van der Waals surface area contributed by atoms with Crippen molar-refractivity contribution in [3.8, 4) is 11.3 Å². The van der Waals surface area contributed by atoms with Crippen LogP contribution in [0.4, 0.5) is 0 Å². The molecule has 0 amide bonds. The van der Waals surface area contributed by atoms with Crippen LogP contribution < -0.4 is 10.9 Å². The number of hydrogen-bond donors (Lipinski definition) is 1. The van der Waals surface area contributed by atoms with Crippen molar-refractivity contribution in [2.45, 2.75) is 46.7 Å². The second kappa shape index (κ2) is 6.93. The number of aryl methyl sites for hydroxylation is 2. The highest BCUT2D eigenvalue weighted by Gasteiger charge is 2.10. The topological polar surface area (TPSA) is 34.0 Å². The van der Waals surface area contributed by atoms with E-state index in [-0.39, 0.29) is 5.56 Å². The molecule has 1 heterocycles. The fraction of sp³-hybridized carbons (Fsp3) is 0.421. The zero-order valence-electron chi connectivity index (χ0n) is 14.2. The largest absolute Gasteiger partial charge is 0.311 e. The molecule has 0 spiro atoms. The smallest absolute Gasteiger partial charge is 0.255 e. The Balaban J connectivity index is 2.36.